The van der Waals surface area contributed by atoms with E-state index in [0.717, 1.165) is 23.4 Å². The van der Waals surface area contributed by atoms with Crippen LogP contribution in [-0.4, -0.2) is 14.2 Å². The van der Waals surface area contributed by atoms with Gasteiger partial charge in [-0.15, -0.1) is 0 Å². The highest BCUT2D eigenvalue weighted by Crippen LogP contribution is 2.32. The van der Waals surface area contributed by atoms with Crippen molar-refractivity contribution in [2.45, 2.75) is 6.54 Å². The van der Waals surface area contributed by atoms with Crippen LogP contribution in [0.15, 0.2) is 42.5 Å². The molecule has 3 heteroatoms. The van der Waals surface area contributed by atoms with Crippen molar-refractivity contribution in [3.8, 4) is 16.9 Å². The van der Waals surface area contributed by atoms with E-state index < -0.39 is 0 Å². The van der Waals surface area contributed by atoms with Crippen molar-refractivity contribution in [3.05, 3.63) is 53.1 Å². The van der Waals surface area contributed by atoms with Crippen molar-refractivity contribution in [2.75, 3.05) is 14.2 Å². The van der Waals surface area contributed by atoms with Gasteiger partial charge in [0.15, 0.2) is 0 Å². The summed E-state index contributed by atoms with van der Waals surface area (Å²) in [5.74, 6) is 0.834. The molecule has 2 nitrogen and oxygen atoms in total. The average molecular weight is 262 g/mol. The molecule has 0 spiro atoms. The van der Waals surface area contributed by atoms with Crippen molar-refractivity contribution in [1.82, 2.24) is 5.32 Å². The molecule has 0 saturated heterocycles. The Balaban J connectivity index is 2.38. The summed E-state index contributed by atoms with van der Waals surface area (Å²) >= 11 is 6.04. The van der Waals surface area contributed by atoms with Crippen LogP contribution in [0.2, 0.25) is 5.02 Å². The predicted octanol–water partition coefficient (Wildman–Crippen LogP) is 3.74. The van der Waals surface area contributed by atoms with Crippen LogP contribution < -0.4 is 10.1 Å². The van der Waals surface area contributed by atoms with Crippen molar-refractivity contribution in [3.63, 3.8) is 0 Å². The van der Waals surface area contributed by atoms with Gasteiger partial charge in [-0.25, -0.2) is 0 Å². The van der Waals surface area contributed by atoms with Gasteiger partial charge in [0.25, 0.3) is 0 Å². The molecule has 0 bridgehead atoms. The SMILES string of the molecule is CNCc1ccc(-c2cc(Cl)ccc2OC)cc1. The molecule has 0 amide bonds. The maximum absolute atomic E-state index is 6.04. The van der Waals surface area contributed by atoms with Crippen LogP contribution in [0.4, 0.5) is 0 Å². The second-order valence-corrected chi connectivity index (χ2v) is 4.51. The third-order valence-corrected chi connectivity index (χ3v) is 3.04. The molecule has 2 aromatic carbocycles. The first kappa shape index (κ1) is 12.9. The Morgan fingerprint density at radius 3 is 2.44 bits per heavy atom. The Labute approximate surface area is 113 Å². The molecule has 0 heterocycles. The summed E-state index contributed by atoms with van der Waals surface area (Å²) in [6.07, 6.45) is 0. The Kier molecular flexibility index (Phi) is 4.24. The van der Waals surface area contributed by atoms with Gasteiger partial charge < -0.3 is 10.1 Å². The van der Waals surface area contributed by atoms with Gasteiger partial charge in [-0.3, -0.25) is 0 Å². The molecule has 0 atom stereocenters. The lowest BCUT2D eigenvalue weighted by molar-refractivity contribution is 0.416. The maximum Gasteiger partial charge on any atom is 0.126 e. The molecule has 0 unspecified atom stereocenters. The number of hydrogen-bond donors (Lipinski definition) is 1. The number of benzene rings is 2. The van der Waals surface area contributed by atoms with Gasteiger partial charge in [-0.1, -0.05) is 35.9 Å². The van der Waals surface area contributed by atoms with E-state index in [1.807, 2.05) is 25.2 Å². The fourth-order valence-electron chi connectivity index (χ4n) is 1.91. The first-order valence-electron chi connectivity index (χ1n) is 5.82. The molecule has 0 saturated carbocycles. The molecule has 0 aromatic heterocycles. The first-order valence-corrected chi connectivity index (χ1v) is 6.20. The zero-order valence-electron chi connectivity index (χ0n) is 10.5. The summed E-state index contributed by atoms with van der Waals surface area (Å²) in [7, 11) is 3.61. The Bertz CT molecular complexity index is 523. The lowest BCUT2D eigenvalue weighted by Gasteiger charge is -2.10. The molecule has 18 heavy (non-hydrogen) atoms. The van der Waals surface area contributed by atoms with Gasteiger partial charge in [-0.2, -0.15) is 0 Å². The van der Waals surface area contributed by atoms with E-state index in [2.05, 4.69) is 29.6 Å². The highest BCUT2D eigenvalue weighted by Gasteiger charge is 2.06. The number of rotatable bonds is 4. The van der Waals surface area contributed by atoms with Crippen LogP contribution in [0.25, 0.3) is 11.1 Å². The van der Waals surface area contributed by atoms with Crippen molar-refractivity contribution >= 4 is 11.6 Å². The van der Waals surface area contributed by atoms with E-state index in [-0.39, 0.29) is 0 Å². The molecule has 2 aromatic rings. The minimum Gasteiger partial charge on any atom is -0.496 e. The standard InChI is InChI=1S/C15H16ClNO/c1-17-10-11-3-5-12(6-4-11)14-9-13(16)7-8-15(14)18-2/h3-9,17H,10H2,1-2H3. The Morgan fingerprint density at radius 2 is 1.83 bits per heavy atom. The van der Waals surface area contributed by atoms with Crippen molar-refractivity contribution in [1.29, 1.82) is 0 Å². The summed E-state index contributed by atoms with van der Waals surface area (Å²) in [5, 5.41) is 3.84. The molecule has 2 rings (SSSR count). The monoisotopic (exact) mass is 261 g/mol. The number of nitrogens with one attached hydrogen (secondary N) is 1. The molecule has 94 valence electrons. The largest absolute Gasteiger partial charge is 0.496 e. The molecular formula is C15H16ClNO. The first-order chi connectivity index (χ1) is 8.74. The van der Waals surface area contributed by atoms with Gasteiger partial charge >= 0.3 is 0 Å². The molecule has 0 aliphatic heterocycles. The topological polar surface area (TPSA) is 21.3 Å². The molecule has 1 N–H and O–H groups in total. The Morgan fingerprint density at radius 1 is 1.11 bits per heavy atom. The van der Waals surface area contributed by atoms with Gasteiger partial charge in [0, 0.05) is 17.1 Å². The zero-order chi connectivity index (χ0) is 13.0. The molecule has 0 fully saturated rings. The molecule has 0 aliphatic rings. The quantitative estimate of drug-likeness (QED) is 0.905. The minimum absolute atomic E-state index is 0.713. The van der Waals surface area contributed by atoms with Crippen LogP contribution in [0.5, 0.6) is 5.75 Å². The fraction of sp³-hybridized carbons (Fsp3) is 0.200. The minimum atomic E-state index is 0.713. The van der Waals surface area contributed by atoms with Crippen LogP contribution in [-0.2, 0) is 6.54 Å². The maximum atomic E-state index is 6.04. The zero-order valence-corrected chi connectivity index (χ0v) is 11.3. The third kappa shape index (κ3) is 2.84. The van der Waals surface area contributed by atoms with Crippen LogP contribution >= 0.6 is 11.6 Å². The second kappa shape index (κ2) is 5.89. The summed E-state index contributed by atoms with van der Waals surface area (Å²) in [6, 6.07) is 14.0. The van der Waals surface area contributed by atoms with E-state index in [1.54, 1.807) is 7.11 Å². The van der Waals surface area contributed by atoms with E-state index in [1.165, 1.54) is 5.56 Å². The molecular weight excluding hydrogens is 246 g/mol. The van der Waals surface area contributed by atoms with Gasteiger partial charge in [-0.05, 0) is 36.4 Å². The normalized spacial score (nSPS) is 10.4. The van der Waals surface area contributed by atoms with Crippen molar-refractivity contribution < 1.29 is 4.74 Å². The predicted molar refractivity (Wildman–Crippen MR) is 76.2 cm³/mol. The van der Waals surface area contributed by atoms with Crippen LogP contribution in [0.3, 0.4) is 0 Å². The smallest absolute Gasteiger partial charge is 0.126 e. The third-order valence-electron chi connectivity index (χ3n) is 2.81. The average Bonchev–Trinajstić information content (AvgIpc) is 2.40. The number of halogens is 1. The Hall–Kier alpha value is -1.51. The highest BCUT2D eigenvalue weighted by molar-refractivity contribution is 6.31. The van der Waals surface area contributed by atoms with E-state index in [0.29, 0.717) is 5.02 Å². The molecule has 0 aliphatic carbocycles. The summed E-state index contributed by atoms with van der Waals surface area (Å²) in [6.45, 7) is 0.868. The van der Waals surface area contributed by atoms with Gasteiger partial charge in [0.1, 0.15) is 5.75 Å². The van der Waals surface area contributed by atoms with E-state index >= 15 is 0 Å². The van der Waals surface area contributed by atoms with Gasteiger partial charge in [0.2, 0.25) is 0 Å². The summed E-state index contributed by atoms with van der Waals surface area (Å²) < 4.78 is 5.36. The lowest BCUT2D eigenvalue weighted by atomic mass is 10.0. The van der Waals surface area contributed by atoms with Crippen LogP contribution in [0, 0.1) is 0 Å². The van der Waals surface area contributed by atoms with Gasteiger partial charge in [0.05, 0.1) is 7.11 Å². The summed E-state index contributed by atoms with van der Waals surface area (Å²) in [4.78, 5) is 0. The number of ether oxygens (including phenoxy) is 1. The van der Waals surface area contributed by atoms with E-state index in [4.69, 9.17) is 16.3 Å². The summed E-state index contributed by atoms with van der Waals surface area (Å²) in [5.41, 5.74) is 3.37. The number of methoxy groups -OCH3 is 1. The van der Waals surface area contributed by atoms with Crippen molar-refractivity contribution in [2.24, 2.45) is 0 Å². The number of hydrogen-bond acceptors (Lipinski definition) is 2. The lowest BCUT2D eigenvalue weighted by Crippen LogP contribution is -2.04. The fourth-order valence-corrected chi connectivity index (χ4v) is 2.08. The molecule has 0 radical (unpaired) electrons. The second-order valence-electron chi connectivity index (χ2n) is 4.07. The van der Waals surface area contributed by atoms with E-state index in [9.17, 15) is 0 Å². The highest BCUT2D eigenvalue weighted by atomic mass is 35.5. The van der Waals surface area contributed by atoms with Crippen LogP contribution in [0.1, 0.15) is 5.56 Å².